The molecule has 2 aromatic rings. The summed E-state index contributed by atoms with van der Waals surface area (Å²) in [5.41, 5.74) is 0. The van der Waals surface area contributed by atoms with E-state index in [0.717, 1.165) is 18.7 Å². The fourth-order valence-electron chi connectivity index (χ4n) is 3.90. The molecule has 1 aliphatic heterocycles. The Kier molecular flexibility index (Phi) is 5.24. The number of amides is 2. The lowest BCUT2D eigenvalue weighted by atomic mass is 10.2. The lowest BCUT2D eigenvalue weighted by molar-refractivity contribution is -0.117. The molecule has 2 aliphatic rings. The number of furan rings is 1. The van der Waals surface area contributed by atoms with Crippen LogP contribution in [0.4, 0.5) is 5.82 Å². The molecule has 3 heterocycles. The van der Waals surface area contributed by atoms with Gasteiger partial charge in [0.25, 0.3) is 5.91 Å². The summed E-state index contributed by atoms with van der Waals surface area (Å²) in [6.45, 7) is 2.84. The van der Waals surface area contributed by atoms with Crippen LogP contribution in [-0.2, 0) is 4.79 Å². The Morgan fingerprint density at radius 3 is 2.63 bits per heavy atom. The number of carbonyl (C=O) groups is 2. The average molecular weight is 371 g/mol. The molecule has 144 valence electrons. The highest BCUT2D eigenvalue weighted by molar-refractivity contribution is 5.92. The molecular weight excluding hydrogens is 346 g/mol. The summed E-state index contributed by atoms with van der Waals surface area (Å²) in [5.74, 6) is 1.00. The normalized spacial score (nSPS) is 18.7. The first kappa shape index (κ1) is 17.8. The van der Waals surface area contributed by atoms with Gasteiger partial charge in [-0.05, 0) is 25.0 Å². The molecule has 1 N–H and O–H groups in total. The van der Waals surface area contributed by atoms with Crippen LogP contribution in [0.25, 0.3) is 0 Å². The molecule has 1 saturated heterocycles. The van der Waals surface area contributed by atoms with Crippen LogP contribution in [0.1, 0.15) is 42.3 Å². The van der Waals surface area contributed by atoms with Crippen LogP contribution >= 0.6 is 0 Å². The molecule has 0 spiro atoms. The second-order valence-corrected chi connectivity index (χ2v) is 7.19. The third-order valence-electron chi connectivity index (χ3n) is 5.37. The molecular formula is C19H25N5O3. The summed E-state index contributed by atoms with van der Waals surface area (Å²) in [4.78, 5) is 28.6. The van der Waals surface area contributed by atoms with Gasteiger partial charge in [0, 0.05) is 32.2 Å². The highest BCUT2D eigenvalue weighted by Gasteiger charge is 2.25. The summed E-state index contributed by atoms with van der Waals surface area (Å²) in [7, 11) is 0. The summed E-state index contributed by atoms with van der Waals surface area (Å²) in [5, 5.41) is 7.38. The van der Waals surface area contributed by atoms with Crippen molar-refractivity contribution >= 4 is 17.6 Å². The van der Waals surface area contributed by atoms with Crippen LogP contribution in [0.3, 0.4) is 0 Å². The monoisotopic (exact) mass is 371 g/mol. The van der Waals surface area contributed by atoms with Crippen LogP contribution < -0.4 is 5.32 Å². The second kappa shape index (κ2) is 7.96. The van der Waals surface area contributed by atoms with Crippen LogP contribution in [0, 0.1) is 0 Å². The number of hydrogen-bond donors (Lipinski definition) is 1. The van der Waals surface area contributed by atoms with Gasteiger partial charge in [-0.3, -0.25) is 14.5 Å². The number of aromatic nitrogens is 2. The SMILES string of the molecule is O=C(CN1CCN(C(=O)c2ccco2)CC1)Nc1ccnn1C1CCCC1. The molecule has 2 aromatic heterocycles. The number of hydrogen-bond acceptors (Lipinski definition) is 5. The van der Waals surface area contributed by atoms with E-state index in [1.807, 2.05) is 10.7 Å². The van der Waals surface area contributed by atoms with E-state index in [2.05, 4.69) is 15.3 Å². The maximum Gasteiger partial charge on any atom is 0.289 e. The van der Waals surface area contributed by atoms with Gasteiger partial charge in [0.2, 0.25) is 5.91 Å². The van der Waals surface area contributed by atoms with E-state index >= 15 is 0 Å². The molecule has 1 aliphatic carbocycles. The molecule has 2 amide bonds. The quantitative estimate of drug-likeness (QED) is 0.869. The predicted octanol–water partition coefficient (Wildman–Crippen LogP) is 1.99. The van der Waals surface area contributed by atoms with Gasteiger partial charge in [-0.15, -0.1) is 0 Å². The smallest absolute Gasteiger partial charge is 0.289 e. The first-order valence-electron chi connectivity index (χ1n) is 9.59. The number of nitrogens with zero attached hydrogens (tertiary/aromatic N) is 4. The minimum absolute atomic E-state index is 0.0411. The van der Waals surface area contributed by atoms with Gasteiger partial charge in [0.15, 0.2) is 5.76 Å². The van der Waals surface area contributed by atoms with Crippen molar-refractivity contribution in [3.63, 3.8) is 0 Å². The Hall–Kier alpha value is -2.61. The van der Waals surface area contributed by atoms with Crippen molar-refractivity contribution in [2.75, 3.05) is 38.0 Å². The summed E-state index contributed by atoms with van der Waals surface area (Å²) < 4.78 is 7.12. The highest BCUT2D eigenvalue weighted by atomic mass is 16.3. The van der Waals surface area contributed by atoms with E-state index in [4.69, 9.17) is 4.42 Å². The zero-order chi connectivity index (χ0) is 18.6. The lowest BCUT2D eigenvalue weighted by Crippen LogP contribution is -2.50. The fourth-order valence-corrected chi connectivity index (χ4v) is 3.90. The predicted molar refractivity (Wildman–Crippen MR) is 99.4 cm³/mol. The van der Waals surface area contributed by atoms with Crippen molar-refractivity contribution in [2.24, 2.45) is 0 Å². The highest BCUT2D eigenvalue weighted by Crippen LogP contribution is 2.31. The summed E-state index contributed by atoms with van der Waals surface area (Å²) in [6, 6.07) is 5.64. The Bertz CT molecular complexity index is 771. The van der Waals surface area contributed by atoms with Crippen LogP contribution in [0.2, 0.25) is 0 Å². The second-order valence-electron chi connectivity index (χ2n) is 7.19. The summed E-state index contributed by atoms with van der Waals surface area (Å²) >= 11 is 0. The number of nitrogens with one attached hydrogen (secondary N) is 1. The molecule has 0 bridgehead atoms. The molecule has 0 radical (unpaired) electrons. The standard InChI is InChI=1S/C19H25N5O3/c25-18(21-17-7-8-20-24(17)15-4-1-2-5-15)14-22-9-11-23(12-10-22)19(26)16-6-3-13-27-16/h3,6-8,13,15H,1-2,4-5,9-12,14H2,(H,21,25). The van der Waals surface area contributed by atoms with Gasteiger partial charge in [-0.2, -0.15) is 5.10 Å². The van der Waals surface area contributed by atoms with Crippen LogP contribution in [0.5, 0.6) is 0 Å². The van der Waals surface area contributed by atoms with E-state index < -0.39 is 0 Å². The number of anilines is 1. The molecule has 0 aromatic carbocycles. The number of carbonyl (C=O) groups excluding carboxylic acids is 2. The van der Waals surface area contributed by atoms with Gasteiger partial charge >= 0.3 is 0 Å². The van der Waals surface area contributed by atoms with Crippen molar-refractivity contribution in [1.29, 1.82) is 0 Å². The molecule has 2 fully saturated rings. The molecule has 4 rings (SSSR count). The number of rotatable bonds is 5. The van der Waals surface area contributed by atoms with E-state index in [9.17, 15) is 9.59 Å². The zero-order valence-electron chi connectivity index (χ0n) is 15.3. The Balaban J connectivity index is 1.26. The zero-order valence-corrected chi connectivity index (χ0v) is 15.3. The van der Waals surface area contributed by atoms with E-state index in [-0.39, 0.29) is 11.8 Å². The maximum absolute atomic E-state index is 12.5. The van der Waals surface area contributed by atoms with E-state index in [1.54, 1.807) is 23.2 Å². The van der Waals surface area contributed by atoms with Crippen molar-refractivity contribution in [2.45, 2.75) is 31.7 Å². The first-order chi connectivity index (χ1) is 13.2. The molecule has 27 heavy (non-hydrogen) atoms. The van der Waals surface area contributed by atoms with Gasteiger partial charge in [0.05, 0.1) is 25.0 Å². The molecule has 0 atom stereocenters. The van der Waals surface area contributed by atoms with Crippen molar-refractivity contribution in [1.82, 2.24) is 19.6 Å². The summed E-state index contributed by atoms with van der Waals surface area (Å²) in [6.07, 6.45) is 7.93. The topological polar surface area (TPSA) is 83.6 Å². The maximum atomic E-state index is 12.5. The van der Waals surface area contributed by atoms with E-state index in [1.165, 1.54) is 19.1 Å². The Morgan fingerprint density at radius 1 is 1.15 bits per heavy atom. The minimum Gasteiger partial charge on any atom is -0.459 e. The Morgan fingerprint density at radius 2 is 1.93 bits per heavy atom. The van der Waals surface area contributed by atoms with Crippen molar-refractivity contribution < 1.29 is 14.0 Å². The fraction of sp³-hybridized carbons (Fsp3) is 0.526. The van der Waals surface area contributed by atoms with Gasteiger partial charge in [-0.25, -0.2) is 4.68 Å². The van der Waals surface area contributed by atoms with Gasteiger partial charge in [0.1, 0.15) is 5.82 Å². The van der Waals surface area contributed by atoms with Crippen LogP contribution in [0.15, 0.2) is 35.1 Å². The van der Waals surface area contributed by atoms with Gasteiger partial charge in [-0.1, -0.05) is 12.8 Å². The van der Waals surface area contributed by atoms with Crippen molar-refractivity contribution in [3.05, 3.63) is 36.4 Å². The van der Waals surface area contributed by atoms with E-state index in [0.29, 0.717) is 44.5 Å². The number of piperazine rings is 1. The molecule has 1 saturated carbocycles. The van der Waals surface area contributed by atoms with Gasteiger partial charge < -0.3 is 14.6 Å². The van der Waals surface area contributed by atoms with Crippen LogP contribution in [-0.4, -0.2) is 64.1 Å². The average Bonchev–Trinajstić information content (AvgIpc) is 3.43. The third-order valence-corrected chi connectivity index (χ3v) is 5.37. The molecule has 0 unspecified atom stereocenters. The van der Waals surface area contributed by atoms with Crippen molar-refractivity contribution in [3.8, 4) is 0 Å². The molecule has 8 heteroatoms. The molecule has 8 nitrogen and oxygen atoms in total. The first-order valence-corrected chi connectivity index (χ1v) is 9.59. The Labute approximate surface area is 158 Å². The third kappa shape index (κ3) is 4.05. The minimum atomic E-state index is -0.0930. The lowest BCUT2D eigenvalue weighted by Gasteiger charge is -2.33. The largest absolute Gasteiger partial charge is 0.459 e.